The second-order valence-corrected chi connectivity index (χ2v) is 5.72. The predicted octanol–water partition coefficient (Wildman–Crippen LogP) is 2.40. The topological polar surface area (TPSA) is 49.3 Å². The van der Waals surface area contributed by atoms with Gasteiger partial charge in [0.25, 0.3) is 0 Å². The number of hydrogen-bond donors (Lipinski definition) is 2. The van der Waals surface area contributed by atoms with Crippen LogP contribution in [0.4, 0.5) is 0 Å². The van der Waals surface area contributed by atoms with Gasteiger partial charge in [0.2, 0.25) is 0 Å². The monoisotopic (exact) mass is 251 g/mol. The molecule has 2 N–H and O–H groups in total. The van der Waals surface area contributed by atoms with Crippen LogP contribution in [0.5, 0.6) is 0 Å². The maximum atomic E-state index is 10.9. The van der Waals surface area contributed by atoms with Crippen molar-refractivity contribution >= 4 is 17.7 Å². The van der Waals surface area contributed by atoms with Crippen molar-refractivity contribution < 1.29 is 9.90 Å². The van der Waals surface area contributed by atoms with Gasteiger partial charge >= 0.3 is 5.97 Å². The minimum Gasteiger partial charge on any atom is -0.480 e. The summed E-state index contributed by atoms with van der Waals surface area (Å²) in [4.78, 5) is 10.9. The number of carboxylic acids is 1. The van der Waals surface area contributed by atoms with E-state index < -0.39 is 12.0 Å². The van der Waals surface area contributed by atoms with E-state index in [2.05, 4.69) is 38.2 Å². The SMILES string of the molecule is Cc1cc(C)c(C2NC(C(=O)O)CS2)c(C)c1. The first kappa shape index (κ1) is 12.5. The Hall–Kier alpha value is -1.00. The second kappa shape index (κ2) is 4.70. The lowest BCUT2D eigenvalue weighted by atomic mass is 9.99. The van der Waals surface area contributed by atoms with Gasteiger partial charge in [-0.15, -0.1) is 11.8 Å². The molecule has 0 spiro atoms. The zero-order chi connectivity index (χ0) is 12.6. The summed E-state index contributed by atoms with van der Waals surface area (Å²) < 4.78 is 0. The average molecular weight is 251 g/mol. The molecule has 0 radical (unpaired) electrons. The van der Waals surface area contributed by atoms with E-state index in [4.69, 9.17) is 5.11 Å². The molecule has 0 aromatic heterocycles. The average Bonchev–Trinajstić information content (AvgIpc) is 2.65. The quantitative estimate of drug-likeness (QED) is 0.847. The Morgan fingerprint density at radius 2 is 1.94 bits per heavy atom. The molecule has 0 bridgehead atoms. The van der Waals surface area contributed by atoms with Crippen molar-refractivity contribution in [3.05, 3.63) is 34.4 Å². The third kappa shape index (κ3) is 2.48. The lowest BCUT2D eigenvalue weighted by molar-refractivity contribution is -0.138. The maximum Gasteiger partial charge on any atom is 0.321 e. The molecular formula is C13H17NO2S. The number of carbonyl (C=O) groups is 1. The van der Waals surface area contributed by atoms with Gasteiger partial charge in [-0.1, -0.05) is 17.7 Å². The van der Waals surface area contributed by atoms with Crippen LogP contribution in [0.3, 0.4) is 0 Å². The molecule has 2 rings (SSSR count). The number of thioether (sulfide) groups is 1. The largest absolute Gasteiger partial charge is 0.480 e. The summed E-state index contributed by atoms with van der Waals surface area (Å²) in [5, 5.41) is 12.3. The summed E-state index contributed by atoms with van der Waals surface area (Å²) in [6, 6.07) is 3.88. The van der Waals surface area contributed by atoms with Crippen molar-refractivity contribution in [3.63, 3.8) is 0 Å². The van der Waals surface area contributed by atoms with E-state index in [-0.39, 0.29) is 5.37 Å². The first-order valence-corrected chi connectivity index (χ1v) is 6.72. The fourth-order valence-electron chi connectivity index (χ4n) is 2.39. The van der Waals surface area contributed by atoms with E-state index in [1.165, 1.54) is 22.3 Å². The molecule has 1 aliphatic rings. The summed E-state index contributed by atoms with van der Waals surface area (Å²) >= 11 is 1.67. The van der Waals surface area contributed by atoms with Crippen LogP contribution in [0.1, 0.15) is 27.6 Å². The van der Waals surface area contributed by atoms with Crippen molar-refractivity contribution in [2.45, 2.75) is 32.2 Å². The van der Waals surface area contributed by atoms with Crippen molar-refractivity contribution in [2.24, 2.45) is 0 Å². The summed E-state index contributed by atoms with van der Waals surface area (Å²) in [7, 11) is 0. The Labute approximate surface area is 106 Å². The first-order chi connectivity index (χ1) is 7.99. The molecule has 4 heteroatoms. The number of hydrogen-bond acceptors (Lipinski definition) is 3. The molecule has 92 valence electrons. The van der Waals surface area contributed by atoms with Gasteiger partial charge in [0.1, 0.15) is 6.04 Å². The minimum atomic E-state index is -0.762. The van der Waals surface area contributed by atoms with Gasteiger partial charge < -0.3 is 5.11 Å². The molecule has 1 heterocycles. The lowest BCUT2D eigenvalue weighted by Gasteiger charge is -2.17. The van der Waals surface area contributed by atoms with Gasteiger partial charge in [0.05, 0.1) is 5.37 Å². The second-order valence-electron chi connectivity index (χ2n) is 4.58. The minimum absolute atomic E-state index is 0.108. The molecule has 0 saturated carbocycles. The molecule has 1 aromatic rings. The molecule has 3 nitrogen and oxygen atoms in total. The molecular weight excluding hydrogens is 234 g/mol. The highest BCUT2D eigenvalue weighted by Gasteiger charge is 2.31. The molecule has 17 heavy (non-hydrogen) atoms. The Kier molecular flexibility index (Phi) is 3.45. The Balaban J connectivity index is 2.27. The van der Waals surface area contributed by atoms with Crippen LogP contribution in [0, 0.1) is 20.8 Å². The Bertz CT molecular complexity index is 436. The van der Waals surface area contributed by atoms with Crippen LogP contribution in [-0.4, -0.2) is 22.9 Å². The van der Waals surface area contributed by atoms with Crippen LogP contribution in [0.25, 0.3) is 0 Å². The molecule has 2 atom stereocenters. The highest BCUT2D eigenvalue weighted by molar-refractivity contribution is 7.99. The van der Waals surface area contributed by atoms with Crippen LogP contribution < -0.4 is 5.32 Å². The summed E-state index contributed by atoms with van der Waals surface area (Å²) in [5.74, 6) is -0.130. The fourth-order valence-corrected chi connectivity index (χ4v) is 3.81. The summed E-state index contributed by atoms with van der Waals surface area (Å²) in [5.41, 5.74) is 4.96. The van der Waals surface area contributed by atoms with Crippen LogP contribution in [0.15, 0.2) is 12.1 Å². The number of rotatable bonds is 2. The fraction of sp³-hybridized carbons (Fsp3) is 0.462. The maximum absolute atomic E-state index is 10.9. The lowest BCUT2D eigenvalue weighted by Crippen LogP contribution is -2.34. The molecule has 0 aliphatic carbocycles. The van der Waals surface area contributed by atoms with Crippen molar-refractivity contribution in [2.75, 3.05) is 5.75 Å². The number of nitrogens with one attached hydrogen (secondary N) is 1. The van der Waals surface area contributed by atoms with Gasteiger partial charge in [0.15, 0.2) is 0 Å². The molecule has 1 saturated heterocycles. The zero-order valence-corrected chi connectivity index (χ0v) is 11.1. The van der Waals surface area contributed by atoms with Crippen molar-refractivity contribution in [1.29, 1.82) is 0 Å². The number of carboxylic acid groups (broad SMARTS) is 1. The van der Waals surface area contributed by atoms with Gasteiger partial charge in [0, 0.05) is 5.75 Å². The number of benzene rings is 1. The van der Waals surface area contributed by atoms with E-state index >= 15 is 0 Å². The van der Waals surface area contributed by atoms with Crippen molar-refractivity contribution in [1.82, 2.24) is 5.32 Å². The Morgan fingerprint density at radius 3 is 2.41 bits per heavy atom. The molecule has 1 aliphatic heterocycles. The molecule has 1 fully saturated rings. The normalized spacial score (nSPS) is 23.9. The third-order valence-corrected chi connectivity index (χ3v) is 4.31. The van der Waals surface area contributed by atoms with E-state index in [1.54, 1.807) is 11.8 Å². The summed E-state index contributed by atoms with van der Waals surface area (Å²) in [6.45, 7) is 6.26. The van der Waals surface area contributed by atoms with Gasteiger partial charge in [-0.25, -0.2) is 0 Å². The smallest absolute Gasteiger partial charge is 0.321 e. The predicted molar refractivity (Wildman–Crippen MR) is 70.4 cm³/mol. The van der Waals surface area contributed by atoms with Gasteiger partial charge in [-0.05, 0) is 37.5 Å². The number of aryl methyl sites for hydroxylation is 3. The standard InChI is InChI=1S/C13H17NO2S/c1-7-4-8(2)11(9(3)5-7)12-14-10(6-17-12)13(15)16/h4-5,10,12,14H,6H2,1-3H3,(H,15,16). The van der Waals surface area contributed by atoms with Gasteiger partial charge in [-0.3, -0.25) is 10.1 Å². The van der Waals surface area contributed by atoms with Gasteiger partial charge in [-0.2, -0.15) is 0 Å². The van der Waals surface area contributed by atoms with E-state index in [9.17, 15) is 4.79 Å². The first-order valence-electron chi connectivity index (χ1n) is 5.67. The number of aliphatic carboxylic acids is 1. The molecule has 2 unspecified atom stereocenters. The molecule has 0 amide bonds. The summed E-state index contributed by atoms with van der Waals surface area (Å²) in [6.07, 6.45) is 0. The highest BCUT2D eigenvalue weighted by Crippen LogP contribution is 2.36. The van der Waals surface area contributed by atoms with Crippen LogP contribution in [-0.2, 0) is 4.79 Å². The van der Waals surface area contributed by atoms with Crippen molar-refractivity contribution in [3.8, 4) is 0 Å². The van der Waals surface area contributed by atoms with E-state index in [1.807, 2.05) is 0 Å². The van der Waals surface area contributed by atoms with E-state index in [0.717, 1.165) is 0 Å². The van der Waals surface area contributed by atoms with Crippen LogP contribution >= 0.6 is 11.8 Å². The van der Waals surface area contributed by atoms with E-state index in [0.29, 0.717) is 5.75 Å². The molecule has 1 aromatic carbocycles. The highest BCUT2D eigenvalue weighted by atomic mass is 32.2. The zero-order valence-electron chi connectivity index (χ0n) is 10.3. The Morgan fingerprint density at radius 1 is 1.35 bits per heavy atom. The third-order valence-electron chi connectivity index (χ3n) is 3.08. The van der Waals surface area contributed by atoms with Crippen LogP contribution in [0.2, 0.25) is 0 Å².